The second-order valence-corrected chi connectivity index (χ2v) is 7.64. The Morgan fingerprint density at radius 2 is 2.21 bits per heavy atom. The predicted molar refractivity (Wildman–Crippen MR) is 105 cm³/mol. The third-order valence-corrected chi connectivity index (χ3v) is 5.65. The molecular weight excluding hydrogens is 399 g/mol. The molecule has 2 aliphatic heterocycles. The van der Waals surface area contributed by atoms with Gasteiger partial charge in [-0.2, -0.15) is 0 Å². The normalized spacial score (nSPS) is 26.7. The third kappa shape index (κ3) is 3.32. The van der Waals surface area contributed by atoms with E-state index in [1.54, 1.807) is 19.2 Å². The van der Waals surface area contributed by atoms with Gasteiger partial charge < -0.3 is 15.2 Å². The topological polar surface area (TPSA) is 90.0 Å². The van der Waals surface area contributed by atoms with Crippen LogP contribution in [0.5, 0.6) is 11.6 Å². The van der Waals surface area contributed by atoms with Crippen LogP contribution in [0.1, 0.15) is 18.9 Å². The first-order valence-electron chi connectivity index (χ1n) is 9.14. The Hall–Kier alpha value is -2.71. The Bertz CT molecular complexity index is 1000. The molecule has 1 saturated heterocycles. The van der Waals surface area contributed by atoms with Gasteiger partial charge in [0.05, 0.1) is 18.6 Å². The minimum atomic E-state index is -1.27. The van der Waals surface area contributed by atoms with Crippen LogP contribution in [-0.2, 0) is 15.1 Å². The molecule has 3 heterocycles. The number of guanidine groups is 1. The van der Waals surface area contributed by atoms with Crippen molar-refractivity contribution in [1.82, 2.24) is 9.88 Å². The number of hydrogen-bond donors (Lipinski definition) is 1. The maximum Gasteiger partial charge on any atom is 0.238 e. The summed E-state index contributed by atoms with van der Waals surface area (Å²) in [6.07, 6.45) is 1.78. The highest BCUT2D eigenvalue weighted by molar-refractivity contribution is 6.31. The minimum Gasteiger partial charge on any atom is -0.438 e. The van der Waals surface area contributed by atoms with Crippen LogP contribution < -0.4 is 10.5 Å². The van der Waals surface area contributed by atoms with E-state index in [0.29, 0.717) is 17.2 Å². The van der Waals surface area contributed by atoms with Gasteiger partial charge in [0.1, 0.15) is 22.1 Å². The molecule has 4 rings (SSSR count). The Balaban J connectivity index is 1.81. The fourth-order valence-corrected chi connectivity index (χ4v) is 3.95. The van der Waals surface area contributed by atoms with E-state index in [-0.39, 0.29) is 36.0 Å². The standard InChI is InChI=1S/C20H20ClFN4O3/c1-11-8-14-18(27)26(2)19(23)25-20(14,10-28-11)13-9-12(5-6-16(13)22)29-17-15(21)4-3-7-24-17/h3-7,9,11,14H,8,10H2,1-2H3,(H2,23,25)/t11-,14-,20+/m0/s1. The van der Waals surface area contributed by atoms with Gasteiger partial charge in [0.25, 0.3) is 0 Å². The van der Waals surface area contributed by atoms with E-state index in [1.165, 1.54) is 29.3 Å². The summed E-state index contributed by atoms with van der Waals surface area (Å²) in [5.74, 6) is -0.826. The molecule has 152 valence electrons. The highest BCUT2D eigenvalue weighted by atomic mass is 35.5. The van der Waals surface area contributed by atoms with E-state index in [9.17, 15) is 9.18 Å². The van der Waals surface area contributed by atoms with Gasteiger partial charge in [0.2, 0.25) is 11.8 Å². The highest BCUT2D eigenvalue weighted by Crippen LogP contribution is 2.46. The van der Waals surface area contributed by atoms with E-state index < -0.39 is 17.3 Å². The maximum atomic E-state index is 15.0. The Morgan fingerprint density at radius 3 is 2.97 bits per heavy atom. The number of aliphatic imine (C=N–C) groups is 1. The number of aromatic nitrogens is 1. The molecule has 0 bridgehead atoms. The molecule has 0 spiro atoms. The molecule has 2 aliphatic rings. The number of rotatable bonds is 3. The lowest BCUT2D eigenvalue weighted by Crippen LogP contribution is -2.59. The summed E-state index contributed by atoms with van der Waals surface area (Å²) in [7, 11) is 1.56. The average Bonchev–Trinajstić information content (AvgIpc) is 2.70. The molecule has 3 atom stereocenters. The molecule has 1 aromatic carbocycles. The van der Waals surface area contributed by atoms with Gasteiger partial charge in [-0.25, -0.2) is 14.4 Å². The second-order valence-electron chi connectivity index (χ2n) is 7.24. The number of carbonyl (C=O) groups excluding carboxylic acids is 1. The van der Waals surface area contributed by atoms with Crippen LogP contribution in [0, 0.1) is 11.7 Å². The Labute approximate surface area is 172 Å². The summed E-state index contributed by atoms with van der Waals surface area (Å²) in [5.41, 5.74) is 4.90. The van der Waals surface area contributed by atoms with Crippen LogP contribution in [-0.4, -0.2) is 41.5 Å². The zero-order valence-electron chi connectivity index (χ0n) is 15.9. The first kappa shape index (κ1) is 19.6. The van der Waals surface area contributed by atoms with E-state index in [0.717, 1.165) is 0 Å². The van der Waals surface area contributed by atoms with Crippen LogP contribution in [0.25, 0.3) is 0 Å². The van der Waals surface area contributed by atoms with Crippen molar-refractivity contribution in [2.75, 3.05) is 13.7 Å². The minimum absolute atomic E-state index is 0.0166. The van der Waals surface area contributed by atoms with Crippen LogP contribution in [0.15, 0.2) is 41.5 Å². The molecule has 0 saturated carbocycles. The number of halogens is 2. The molecule has 29 heavy (non-hydrogen) atoms. The molecule has 0 radical (unpaired) electrons. The van der Waals surface area contributed by atoms with Crippen molar-refractivity contribution in [2.45, 2.75) is 25.0 Å². The predicted octanol–water partition coefficient (Wildman–Crippen LogP) is 3.07. The first-order valence-corrected chi connectivity index (χ1v) is 9.52. The SMILES string of the molecule is C[C@H]1C[C@H]2C(=O)N(C)C(N)=N[C@@]2(c2cc(Oc3ncccc3Cl)ccc2F)CO1. The van der Waals surface area contributed by atoms with Crippen molar-refractivity contribution in [2.24, 2.45) is 16.6 Å². The van der Waals surface area contributed by atoms with Gasteiger partial charge in [-0.1, -0.05) is 11.6 Å². The summed E-state index contributed by atoms with van der Waals surface area (Å²) in [5, 5.41) is 0.320. The number of carbonyl (C=O) groups is 1. The lowest BCUT2D eigenvalue weighted by molar-refractivity contribution is -0.144. The van der Waals surface area contributed by atoms with Gasteiger partial charge in [0.15, 0.2) is 5.96 Å². The Kier molecular flexibility index (Phi) is 4.92. The summed E-state index contributed by atoms with van der Waals surface area (Å²) >= 11 is 6.10. The van der Waals surface area contributed by atoms with Gasteiger partial charge >= 0.3 is 0 Å². The summed E-state index contributed by atoms with van der Waals surface area (Å²) in [4.78, 5) is 22.9. The smallest absolute Gasteiger partial charge is 0.238 e. The van der Waals surface area contributed by atoms with Gasteiger partial charge in [-0.05, 0) is 43.7 Å². The fraction of sp³-hybridized carbons (Fsp3) is 0.350. The average molecular weight is 419 g/mol. The van der Waals surface area contributed by atoms with Crippen LogP contribution >= 0.6 is 11.6 Å². The molecule has 7 nitrogen and oxygen atoms in total. The number of fused-ring (bicyclic) bond motifs is 1. The van der Waals surface area contributed by atoms with E-state index >= 15 is 0 Å². The number of ether oxygens (including phenoxy) is 2. The zero-order chi connectivity index (χ0) is 20.8. The number of amides is 1. The molecule has 0 aliphatic carbocycles. The second kappa shape index (κ2) is 7.27. The number of benzene rings is 1. The molecule has 2 N–H and O–H groups in total. The molecule has 1 fully saturated rings. The number of hydrogen-bond acceptors (Lipinski definition) is 6. The lowest BCUT2D eigenvalue weighted by Gasteiger charge is -2.46. The number of nitrogens with zero attached hydrogens (tertiary/aromatic N) is 3. The summed E-state index contributed by atoms with van der Waals surface area (Å²) in [6.45, 7) is 1.90. The van der Waals surface area contributed by atoms with Crippen molar-refractivity contribution in [3.05, 3.63) is 52.9 Å². The fourth-order valence-electron chi connectivity index (χ4n) is 3.79. The van der Waals surface area contributed by atoms with Crippen molar-refractivity contribution in [1.29, 1.82) is 0 Å². The molecule has 0 unspecified atom stereocenters. The van der Waals surface area contributed by atoms with Crippen molar-refractivity contribution >= 4 is 23.5 Å². The van der Waals surface area contributed by atoms with Crippen molar-refractivity contribution in [3.8, 4) is 11.6 Å². The first-order chi connectivity index (χ1) is 13.8. The molecular formula is C20H20ClFN4O3. The highest BCUT2D eigenvalue weighted by Gasteiger charge is 2.54. The van der Waals surface area contributed by atoms with Gasteiger partial charge in [-0.3, -0.25) is 9.69 Å². The van der Waals surface area contributed by atoms with Crippen molar-refractivity contribution < 1.29 is 18.7 Å². The molecule has 1 amide bonds. The van der Waals surface area contributed by atoms with Crippen LogP contribution in [0.3, 0.4) is 0 Å². The van der Waals surface area contributed by atoms with E-state index in [1.807, 2.05) is 6.92 Å². The largest absolute Gasteiger partial charge is 0.438 e. The van der Waals surface area contributed by atoms with E-state index in [4.69, 9.17) is 26.8 Å². The van der Waals surface area contributed by atoms with Crippen LogP contribution in [0.2, 0.25) is 5.02 Å². The monoisotopic (exact) mass is 418 g/mol. The molecule has 9 heteroatoms. The maximum absolute atomic E-state index is 15.0. The quantitative estimate of drug-likeness (QED) is 0.827. The molecule has 2 aromatic rings. The van der Waals surface area contributed by atoms with E-state index in [2.05, 4.69) is 9.98 Å². The lowest BCUT2D eigenvalue weighted by atomic mass is 9.72. The van der Waals surface area contributed by atoms with Gasteiger partial charge in [-0.15, -0.1) is 0 Å². The summed E-state index contributed by atoms with van der Waals surface area (Å²) in [6, 6.07) is 7.55. The van der Waals surface area contributed by atoms with Crippen LogP contribution in [0.4, 0.5) is 4.39 Å². The van der Waals surface area contributed by atoms with Crippen molar-refractivity contribution in [3.63, 3.8) is 0 Å². The molecule has 1 aromatic heterocycles. The van der Waals surface area contributed by atoms with Gasteiger partial charge in [0, 0.05) is 18.8 Å². The third-order valence-electron chi connectivity index (χ3n) is 5.36. The number of pyridine rings is 1. The zero-order valence-corrected chi connectivity index (χ0v) is 16.7. The Morgan fingerprint density at radius 1 is 1.41 bits per heavy atom. The summed E-state index contributed by atoms with van der Waals surface area (Å²) < 4.78 is 26.5. The number of nitrogens with two attached hydrogens (primary N) is 1.